The normalized spacial score (nSPS) is 18.1. The molecular weight excluding hydrogens is 370 g/mol. The van der Waals surface area contributed by atoms with Crippen LogP contribution in [0, 0.1) is 12.8 Å². The van der Waals surface area contributed by atoms with Gasteiger partial charge in [-0.1, -0.05) is 32.0 Å². The zero-order valence-corrected chi connectivity index (χ0v) is 17.4. The fourth-order valence-corrected chi connectivity index (χ4v) is 3.38. The summed E-state index contributed by atoms with van der Waals surface area (Å²) in [5.41, 5.74) is 7.57. The molecule has 2 amide bonds. The van der Waals surface area contributed by atoms with E-state index < -0.39 is 12.1 Å². The number of nitrogens with two attached hydrogens (primary N) is 1. The van der Waals surface area contributed by atoms with Crippen LogP contribution < -0.4 is 10.5 Å². The summed E-state index contributed by atoms with van der Waals surface area (Å²) < 4.78 is 7.28. The Balaban J connectivity index is 1.68. The number of aromatic nitrogens is 2. The number of ether oxygens (including phenoxy) is 1. The number of hydrogen-bond donors (Lipinski definition) is 1. The predicted molar refractivity (Wildman–Crippen MR) is 110 cm³/mol. The van der Waals surface area contributed by atoms with Crippen LogP contribution in [0.25, 0.3) is 5.69 Å². The number of nitrogens with zero attached hydrogens (tertiary/aromatic N) is 4. The van der Waals surface area contributed by atoms with Crippen LogP contribution in [-0.4, -0.2) is 63.3 Å². The quantitative estimate of drug-likeness (QED) is 0.851. The molecule has 8 heteroatoms. The van der Waals surface area contributed by atoms with Crippen LogP contribution in [0.2, 0.25) is 0 Å². The summed E-state index contributed by atoms with van der Waals surface area (Å²) in [6.45, 7) is 8.88. The number of piperazine rings is 1. The van der Waals surface area contributed by atoms with Gasteiger partial charge in [0, 0.05) is 31.7 Å². The van der Waals surface area contributed by atoms with Crippen LogP contribution in [-0.2, 0) is 4.79 Å². The van der Waals surface area contributed by atoms with E-state index in [1.54, 1.807) is 20.5 Å². The minimum Gasteiger partial charge on any atom is -0.391 e. The van der Waals surface area contributed by atoms with E-state index in [1.807, 2.05) is 58.0 Å². The van der Waals surface area contributed by atoms with Crippen LogP contribution in [0.4, 0.5) is 4.79 Å². The van der Waals surface area contributed by atoms with Gasteiger partial charge < -0.3 is 20.3 Å². The molecular formula is C21H29N5O3. The van der Waals surface area contributed by atoms with Gasteiger partial charge in [0.1, 0.15) is 0 Å². The van der Waals surface area contributed by atoms with E-state index in [9.17, 15) is 9.59 Å². The van der Waals surface area contributed by atoms with Crippen molar-refractivity contribution in [3.8, 4) is 11.6 Å². The van der Waals surface area contributed by atoms with Crippen molar-refractivity contribution < 1.29 is 14.3 Å². The summed E-state index contributed by atoms with van der Waals surface area (Å²) in [5, 5.41) is 4.42. The Kier molecular flexibility index (Phi) is 6.22. The van der Waals surface area contributed by atoms with E-state index >= 15 is 0 Å². The van der Waals surface area contributed by atoms with Crippen LogP contribution in [0.15, 0.2) is 36.4 Å². The number of rotatable bonds is 4. The molecule has 2 atom stereocenters. The van der Waals surface area contributed by atoms with Gasteiger partial charge in [0.25, 0.3) is 0 Å². The Morgan fingerprint density at radius 2 is 1.90 bits per heavy atom. The average Bonchev–Trinajstić information content (AvgIpc) is 3.07. The highest BCUT2D eigenvalue weighted by atomic mass is 16.6. The fraction of sp³-hybridized carbons (Fsp3) is 0.476. The maximum Gasteiger partial charge on any atom is 0.416 e. The summed E-state index contributed by atoms with van der Waals surface area (Å²) in [7, 11) is 0. The highest BCUT2D eigenvalue weighted by molar-refractivity contribution is 5.82. The van der Waals surface area contributed by atoms with Crippen LogP contribution >= 0.6 is 0 Å². The van der Waals surface area contributed by atoms with Gasteiger partial charge in [-0.15, -0.1) is 0 Å². The smallest absolute Gasteiger partial charge is 0.391 e. The number of para-hydroxylation sites is 1. The van der Waals surface area contributed by atoms with Gasteiger partial charge in [0.05, 0.1) is 17.4 Å². The summed E-state index contributed by atoms with van der Waals surface area (Å²) >= 11 is 0. The van der Waals surface area contributed by atoms with Crippen LogP contribution in [0.5, 0.6) is 5.88 Å². The summed E-state index contributed by atoms with van der Waals surface area (Å²) in [6.07, 6.45) is -0.449. The van der Waals surface area contributed by atoms with Crippen molar-refractivity contribution in [2.24, 2.45) is 11.7 Å². The lowest BCUT2D eigenvalue weighted by Crippen LogP contribution is -2.59. The van der Waals surface area contributed by atoms with E-state index in [-0.39, 0.29) is 17.9 Å². The molecule has 156 valence electrons. The second kappa shape index (κ2) is 8.65. The minimum absolute atomic E-state index is 0.0716. The van der Waals surface area contributed by atoms with Gasteiger partial charge in [0.15, 0.2) is 0 Å². The van der Waals surface area contributed by atoms with Gasteiger partial charge in [0.2, 0.25) is 11.8 Å². The number of benzene rings is 1. The molecule has 1 aliphatic rings. The maximum atomic E-state index is 12.8. The van der Waals surface area contributed by atoms with Crippen molar-refractivity contribution in [3.05, 3.63) is 42.1 Å². The molecule has 1 aromatic heterocycles. The molecule has 2 heterocycles. The Bertz CT molecular complexity index is 864. The lowest BCUT2D eigenvalue weighted by atomic mass is 10.0. The predicted octanol–water partition coefficient (Wildman–Crippen LogP) is 2.20. The van der Waals surface area contributed by atoms with Crippen molar-refractivity contribution >= 4 is 12.0 Å². The second-order valence-electron chi connectivity index (χ2n) is 7.84. The molecule has 0 bridgehead atoms. The van der Waals surface area contributed by atoms with Crippen molar-refractivity contribution in [1.29, 1.82) is 0 Å². The van der Waals surface area contributed by atoms with Gasteiger partial charge in [-0.25, -0.2) is 9.48 Å². The molecule has 2 unspecified atom stereocenters. The molecule has 0 radical (unpaired) electrons. The van der Waals surface area contributed by atoms with Crippen molar-refractivity contribution in [1.82, 2.24) is 19.6 Å². The van der Waals surface area contributed by atoms with Crippen molar-refractivity contribution in [3.63, 3.8) is 0 Å². The lowest BCUT2D eigenvalue weighted by molar-refractivity contribution is -0.136. The van der Waals surface area contributed by atoms with Gasteiger partial charge in [-0.2, -0.15) is 5.10 Å². The molecule has 2 N–H and O–H groups in total. The number of carbonyl (C=O) groups is 2. The number of aryl methyl sites for hydroxylation is 1. The fourth-order valence-electron chi connectivity index (χ4n) is 3.38. The van der Waals surface area contributed by atoms with Gasteiger partial charge in [-0.3, -0.25) is 4.79 Å². The molecule has 1 saturated heterocycles. The molecule has 3 rings (SSSR count). The van der Waals surface area contributed by atoms with Crippen molar-refractivity contribution in [2.75, 3.05) is 19.6 Å². The van der Waals surface area contributed by atoms with Crippen molar-refractivity contribution in [2.45, 2.75) is 39.8 Å². The SMILES string of the molecule is Cc1cc(OC(=O)N2CCN(C(=O)C(N)C(C)C)CC2C)n(-c2ccccc2)n1. The van der Waals surface area contributed by atoms with E-state index in [4.69, 9.17) is 10.5 Å². The molecule has 0 aliphatic carbocycles. The summed E-state index contributed by atoms with van der Waals surface area (Å²) in [4.78, 5) is 28.7. The largest absolute Gasteiger partial charge is 0.416 e. The van der Waals surface area contributed by atoms with E-state index in [0.717, 1.165) is 11.4 Å². The number of amides is 2. The zero-order chi connectivity index (χ0) is 21.1. The average molecular weight is 399 g/mol. The Hall–Kier alpha value is -2.87. The Morgan fingerprint density at radius 1 is 1.21 bits per heavy atom. The monoisotopic (exact) mass is 399 g/mol. The Morgan fingerprint density at radius 3 is 2.52 bits per heavy atom. The molecule has 0 saturated carbocycles. The lowest BCUT2D eigenvalue weighted by Gasteiger charge is -2.40. The first-order chi connectivity index (χ1) is 13.8. The third-order valence-corrected chi connectivity index (χ3v) is 5.17. The highest BCUT2D eigenvalue weighted by Gasteiger charge is 2.33. The number of hydrogen-bond acceptors (Lipinski definition) is 5. The first kappa shape index (κ1) is 20.9. The second-order valence-corrected chi connectivity index (χ2v) is 7.84. The minimum atomic E-state index is -0.524. The molecule has 1 fully saturated rings. The van der Waals surface area contributed by atoms with Crippen LogP contribution in [0.1, 0.15) is 26.5 Å². The Labute approximate surface area is 171 Å². The van der Waals surface area contributed by atoms with Gasteiger partial charge >= 0.3 is 6.09 Å². The van der Waals surface area contributed by atoms with E-state index in [1.165, 1.54) is 0 Å². The molecule has 29 heavy (non-hydrogen) atoms. The zero-order valence-electron chi connectivity index (χ0n) is 17.4. The third kappa shape index (κ3) is 4.59. The first-order valence-electron chi connectivity index (χ1n) is 9.93. The topological polar surface area (TPSA) is 93.7 Å². The molecule has 8 nitrogen and oxygen atoms in total. The maximum absolute atomic E-state index is 12.8. The summed E-state index contributed by atoms with van der Waals surface area (Å²) in [6, 6.07) is 10.5. The standard InChI is InChI=1S/C21H29N5O3/c1-14(2)19(22)20(27)24-10-11-25(16(4)13-24)21(28)29-18-12-15(3)23-26(18)17-8-6-5-7-9-17/h5-9,12,14,16,19H,10-11,13,22H2,1-4H3. The molecule has 1 aliphatic heterocycles. The van der Waals surface area contributed by atoms with Crippen LogP contribution in [0.3, 0.4) is 0 Å². The number of carbonyl (C=O) groups excluding carboxylic acids is 2. The van der Waals surface area contributed by atoms with E-state index in [0.29, 0.717) is 25.5 Å². The van der Waals surface area contributed by atoms with Gasteiger partial charge in [-0.05, 0) is 31.9 Å². The first-order valence-corrected chi connectivity index (χ1v) is 9.93. The molecule has 1 aromatic carbocycles. The third-order valence-electron chi connectivity index (χ3n) is 5.17. The molecule has 0 spiro atoms. The molecule has 2 aromatic rings. The highest BCUT2D eigenvalue weighted by Crippen LogP contribution is 2.21. The van der Waals surface area contributed by atoms with E-state index in [2.05, 4.69) is 5.10 Å². The summed E-state index contributed by atoms with van der Waals surface area (Å²) in [5.74, 6) is 0.367.